The summed E-state index contributed by atoms with van der Waals surface area (Å²) in [5.41, 5.74) is 0.746. The summed E-state index contributed by atoms with van der Waals surface area (Å²) in [6.07, 6.45) is 3.65. The fourth-order valence-electron chi connectivity index (χ4n) is 2.65. The van der Waals surface area contributed by atoms with Crippen LogP contribution >= 0.6 is 0 Å². The molecule has 0 aromatic heterocycles. The number of rotatable bonds is 3. The van der Waals surface area contributed by atoms with Crippen LogP contribution in [0.2, 0.25) is 0 Å². The van der Waals surface area contributed by atoms with E-state index in [1.807, 2.05) is 6.07 Å². The van der Waals surface area contributed by atoms with Crippen LogP contribution in [0.1, 0.15) is 38.2 Å². The van der Waals surface area contributed by atoms with Gasteiger partial charge in [0.1, 0.15) is 11.9 Å². The van der Waals surface area contributed by atoms with Gasteiger partial charge < -0.3 is 10.4 Å². The fraction of sp³-hybridized carbons (Fsp3) is 0.533. The summed E-state index contributed by atoms with van der Waals surface area (Å²) in [7, 11) is 0. The van der Waals surface area contributed by atoms with Crippen molar-refractivity contribution in [2.24, 2.45) is 5.41 Å². The fourth-order valence-corrected chi connectivity index (χ4v) is 2.65. The molecular weight excluding hydrogens is 243 g/mol. The molecule has 2 atom stereocenters. The van der Waals surface area contributed by atoms with Crippen molar-refractivity contribution in [1.82, 2.24) is 0 Å². The Morgan fingerprint density at radius 2 is 2.32 bits per heavy atom. The third kappa shape index (κ3) is 3.05. The Bertz CT molecular complexity index is 497. The Kier molecular flexibility index (Phi) is 4.06. The number of aliphatic hydroxyl groups is 1. The van der Waals surface area contributed by atoms with E-state index in [0.717, 1.165) is 25.7 Å². The number of nitrogens with zero attached hydrogens (tertiary/aromatic N) is 1. The van der Waals surface area contributed by atoms with Crippen LogP contribution < -0.4 is 5.32 Å². The van der Waals surface area contributed by atoms with Gasteiger partial charge in [-0.15, -0.1) is 0 Å². The lowest BCUT2D eigenvalue weighted by Crippen LogP contribution is -2.41. The van der Waals surface area contributed by atoms with E-state index in [4.69, 9.17) is 5.26 Å². The van der Waals surface area contributed by atoms with Crippen LogP contribution in [0.3, 0.4) is 0 Å². The van der Waals surface area contributed by atoms with E-state index in [1.165, 1.54) is 12.1 Å². The molecule has 4 heteroatoms. The number of aliphatic hydroxyl groups excluding tert-OH is 1. The summed E-state index contributed by atoms with van der Waals surface area (Å²) < 4.78 is 13.0. The van der Waals surface area contributed by atoms with Gasteiger partial charge in [-0.05, 0) is 31.0 Å². The number of nitrogens with one attached hydrogen (secondary N) is 1. The molecule has 0 heterocycles. The van der Waals surface area contributed by atoms with Crippen LogP contribution in [-0.2, 0) is 0 Å². The number of anilines is 1. The molecule has 0 radical (unpaired) electrons. The van der Waals surface area contributed by atoms with Crippen LogP contribution in [0, 0.1) is 22.6 Å². The van der Waals surface area contributed by atoms with Crippen molar-refractivity contribution in [3.05, 3.63) is 29.6 Å². The Morgan fingerprint density at radius 3 is 3.00 bits per heavy atom. The van der Waals surface area contributed by atoms with Gasteiger partial charge in [-0.2, -0.15) is 5.26 Å². The van der Waals surface area contributed by atoms with Gasteiger partial charge in [0, 0.05) is 12.0 Å². The summed E-state index contributed by atoms with van der Waals surface area (Å²) >= 11 is 0. The van der Waals surface area contributed by atoms with Gasteiger partial charge in [-0.1, -0.05) is 19.8 Å². The van der Waals surface area contributed by atoms with Crippen molar-refractivity contribution in [3.8, 4) is 6.07 Å². The van der Waals surface area contributed by atoms with Crippen molar-refractivity contribution in [3.63, 3.8) is 0 Å². The van der Waals surface area contributed by atoms with E-state index in [-0.39, 0.29) is 11.5 Å². The molecule has 0 amide bonds. The molecule has 1 aliphatic rings. The third-order valence-corrected chi connectivity index (χ3v) is 4.06. The largest absolute Gasteiger partial charge is 0.392 e. The predicted octanol–water partition coefficient (Wildman–Crippen LogP) is 3.05. The molecule has 1 aromatic rings. The Labute approximate surface area is 113 Å². The molecule has 2 rings (SSSR count). The normalized spacial score (nSPS) is 26.7. The van der Waals surface area contributed by atoms with E-state index in [9.17, 15) is 9.50 Å². The summed E-state index contributed by atoms with van der Waals surface area (Å²) in [4.78, 5) is 0. The Morgan fingerprint density at radius 1 is 1.53 bits per heavy atom. The first-order valence-electron chi connectivity index (χ1n) is 6.67. The Balaban J connectivity index is 2.08. The van der Waals surface area contributed by atoms with Crippen LogP contribution in [0.25, 0.3) is 0 Å². The van der Waals surface area contributed by atoms with E-state index in [1.54, 1.807) is 6.07 Å². The highest BCUT2D eigenvalue weighted by Crippen LogP contribution is 2.36. The lowest BCUT2D eigenvalue weighted by atomic mass is 9.73. The second-order valence-electron chi connectivity index (χ2n) is 5.57. The van der Waals surface area contributed by atoms with Gasteiger partial charge in [0.25, 0.3) is 0 Å². The number of nitriles is 1. The highest BCUT2D eigenvalue weighted by Gasteiger charge is 2.35. The topological polar surface area (TPSA) is 56.0 Å². The zero-order valence-corrected chi connectivity index (χ0v) is 11.1. The molecule has 0 aliphatic heterocycles. The molecule has 1 aromatic carbocycles. The molecule has 102 valence electrons. The van der Waals surface area contributed by atoms with Gasteiger partial charge >= 0.3 is 0 Å². The van der Waals surface area contributed by atoms with Gasteiger partial charge in [0.2, 0.25) is 0 Å². The quantitative estimate of drug-likeness (QED) is 0.880. The van der Waals surface area contributed by atoms with Crippen LogP contribution in [0.4, 0.5) is 10.1 Å². The zero-order valence-electron chi connectivity index (χ0n) is 11.1. The average molecular weight is 262 g/mol. The number of hydrogen-bond acceptors (Lipinski definition) is 3. The highest BCUT2D eigenvalue weighted by atomic mass is 19.1. The first-order valence-corrected chi connectivity index (χ1v) is 6.67. The second kappa shape index (κ2) is 5.58. The lowest BCUT2D eigenvalue weighted by molar-refractivity contribution is 0.00962. The van der Waals surface area contributed by atoms with Crippen molar-refractivity contribution in [2.75, 3.05) is 11.9 Å². The molecule has 0 spiro atoms. The van der Waals surface area contributed by atoms with Gasteiger partial charge in [-0.3, -0.25) is 0 Å². The van der Waals surface area contributed by atoms with Gasteiger partial charge in [0.15, 0.2) is 0 Å². The molecule has 0 saturated heterocycles. The minimum absolute atomic E-state index is 0.181. The van der Waals surface area contributed by atoms with Crippen LogP contribution in [0.15, 0.2) is 18.2 Å². The van der Waals surface area contributed by atoms with Gasteiger partial charge in [0.05, 0.1) is 17.4 Å². The maximum Gasteiger partial charge on any atom is 0.124 e. The van der Waals surface area contributed by atoms with E-state index < -0.39 is 5.82 Å². The molecule has 1 fully saturated rings. The van der Waals surface area contributed by atoms with Crippen molar-refractivity contribution >= 4 is 5.69 Å². The summed E-state index contributed by atoms with van der Waals surface area (Å²) in [6.45, 7) is 2.65. The molecule has 3 nitrogen and oxygen atoms in total. The minimum Gasteiger partial charge on any atom is -0.392 e. The van der Waals surface area contributed by atoms with Gasteiger partial charge in [-0.25, -0.2) is 4.39 Å². The molecule has 19 heavy (non-hydrogen) atoms. The summed E-state index contributed by atoms with van der Waals surface area (Å²) in [5.74, 6) is -0.411. The molecular formula is C15H19FN2O. The first kappa shape index (κ1) is 13.8. The maximum absolute atomic E-state index is 13.0. The smallest absolute Gasteiger partial charge is 0.124 e. The van der Waals surface area contributed by atoms with Crippen molar-refractivity contribution in [1.29, 1.82) is 5.26 Å². The van der Waals surface area contributed by atoms with Crippen LogP contribution in [-0.4, -0.2) is 17.8 Å². The monoisotopic (exact) mass is 262 g/mol. The van der Waals surface area contributed by atoms with Crippen LogP contribution in [0.5, 0.6) is 0 Å². The number of hydrogen-bond donors (Lipinski definition) is 2. The van der Waals surface area contributed by atoms with Crippen molar-refractivity contribution < 1.29 is 9.50 Å². The number of benzene rings is 1. The molecule has 2 unspecified atom stereocenters. The zero-order chi connectivity index (χ0) is 13.9. The standard InChI is InChI=1S/C15H19FN2O/c1-15(7-3-2-4-14(15)19)10-18-13-6-5-12(16)8-11(13)9-17/h5-6,8,14,18-19H,2-4,7,10H2,1H3. The minimum atomic E-state index is -0.411. The average Bonchev–Trinajstić information content (AvgIpc) is 2.41. The maximum atomic E-state index is 13.0. The van der Waals surface area contributed by atoms with E-state index >= 15 is 0 Å². The SMILES string of the molecule is CC1(CNc2ccc(F)cc2C#N)CCCCC1O. The lowest BCUT2D eigenvalue weighted by Gasteiger charge is -2.38. The van der Waals surface area contributed by atoms with Crippen molar-refractivity contribution in [2.45, 2.75) is 38.7 Å². The molecule has 2 N–H and O–H groups in total. The van der Waals surface area contributed by atoms with E-state index in [0.29, 0.717) is 17.8 Å². The highest BCUT2D eigenvalue weighted by molar-refractivity contribution is 5.57. The summed E-state index contributed by atoms with van der Waals surface area (Å²) in [6, 6.07) is 6.12. The third-order valence-electron chi connectivity index (χ3n) is 4.06. The molecule has 0 bridgehead atoms. The molecule has 1 aliphatic carbocycles. The van der Waals surface area contributed by atoms with E-state index in [2.05, 4.69) is 12.2 Å². The predicted molar refractivity (Wildman–Crippen MR) is 72.2 cm³/mol. The molecule has 1 saturated carbocycles. The Hall–Kier alpha value is -1.60. The first-order chi connectivity index (χ1) is 9.05. The summed E-state index contributed by atoms with van der Waals surface area (Å²) in [5, 5.41) is 22.3. The second-order valence-corrected chi connectivity index (χ2v) is 5.57. The number of halogens is 1.